The monoisotopic (exact) mass is 641 g/mol. The number of rotatable bonds is 12. The number of hydrogen-bond donors (Lipinski definition) is 3. The van der Waals surface area contributed by atoms with Crippen LogP contribution in [0.4, 0.5) is 23.1 Å². The van der Waals surface area contributed by atoms with Gasteiger partial charge < -0.3 is 20.9 Å². The minimum Gasteiger partial charge on any atom is -0.365 e. The predicted octanol–water partition coefficient (Wildman–Crippen LogP) is 4.94. The molecule has 2 unspecified atom stereocenters. The van der Waals surface area contributed by atoms with Crippen LogP contribution in [0.25, 0.3) is 0 Å². The van der Waals surface area contributed by atoms with E-state index in [9.17, 15) is 9.59 Å². The lowest BCUT2D eigenvalue weighted by molar-refractivity contribution is -0.136. The Morgan fingerprint density at radius 2 is 1.89 bits per heavy atom. The van der Waals surface area contributed by atoms with E-state index in [1.54, 1.807) is 18.0 Å². The van der Waals surface area contributed by atoms with Gasteiger partial charge in [0.25, 0.3) is 0 Å². The number of amides is 2. The van der Waals surface area contributed by atoms with Crippen LogP contribution >= 0.6 is 11.6 Å². The van der Waals surface area contributed by atoms with Gasteiger partial charge >= 0.3 is 0 Å². The molecule has 1 aliphatic heterocycles. The number of nitrogens with one attached hydrogen (secondary N) is 3. The molecule has 11 nitrogen and oxygen atoms in total. The first-order chi connectivity index (χ1) is 22.4. The molecule has 2 aromatic heterocycles. The zero-order chi connectivity index (χ0) is 31.6. The molecular weight excluding hydrogens is 602 g/mol. The zero-order valence-corrected chi connectivity index (χ0v) is 26.6. The molecule has 1 aromatic carbocycles. The molecule has 6 aliphatic rings. The van der Waals surface area contributed by atoms with Crippen LogP contribution in [-0.2, 0) is 22.7 Å². The van der Waals surface area contributed by atoms with E-state index in [1.165, 1.54) is 25.3 Å². The Morgan fingerprint density at radius 3 is 2.65 bits per heavy atom. The van der Waals surface area contributed by atoms with Gasteiger partial charge in [0.2, 0.25) is 17.8 Å². The second kappa shape index (κ2) is 13.3. The highest BCUT2D eigenvalue weighted by Gasteiger charge is 2.53. The number of hydrogen-bond acceptors (Lipinski definition) is 8. The van der Waals surface area contributed by atoms with Crippen molar-refractivity contribution in [3.05, 3.63) is 77.7 Å². The molecule has 0 radical (unpaired) electrons. The van der Waals surface area contributed by atoms with Gasteiger partial charge in [-0.05, 0) is 66.7 Å². The number of carbonyl (C=O) groups excluding carboxylic acids is 2. The largest absolute Gasteiger partial charge is 0.365 e. The molecule has 3 saturated carbocycles. The van der Waals surface area contributed by atoms with Gasteiger partial charge in [0.1, 0.15) is 5.02 Å². The summed E-state index contributed by atoms with van der Waals surface area (Å²) < 4.78 is 1.91. The number of aromatic nitrogens is 4. The molecule has 3 heterocycles. The van der Waals surface area contributed by atoms with E-state index >= 15 is 0 Å². The molecule has 3 aromatic rings. The molecular formula is C34H40ClN9O2. The van der Waals surface area contributed by atoms with E-state index in [-0.39, 0.29) is 5.91 Å². The topological polar surface area (TPSA) is 120 Å². The van der Waals surface area contributed by atoms with Gasteiger partial charge in [-0.15, -0.1) is 0 Å². The maximum atomic E-state index is 13.1. The highest BCUT2D eigenvalue weighted by molar-refractivity contribution is 6.32. The van der Waals surface area contributed by atoms with Crippen LogP contribution in [0, 0.1) is 23.7 Å². The van der Waals surface area contributed by atoms with Crippen LogP contribution in [0.15, 0.2) is 67.2 Å². The molecule has 2 amide bonds. The van der Waals surface area contributed by atoms with Gasteiger partial charge in [-0.2, -0.15) is 10.1 Å². The smallest absolute Gasteiger partial charge is 0.247 e. The fourth-order valence-corrected chi connectivity index (χ4v) is 7.77. The fourth-order valence-electron chi connectivity index (χ4n) is 7.61. The summed E-state index contributed by atoms with van der Waals surface area (Å²) in [5, 5.41) is 14.1. The molecule has 1 saturated heterocycles. The maximum absolute atomic E-state index is 13.1. The molecule has 5 aliphatic carbocycles. The van der Waals surface area contributed by atoms with E-state index in [2.05, 4.69) is 53.5 Å². The lowest BCUT2D eigenvalue weighted by Crippen LogP contribution is -2.53. The normalized spacial score (nSPS) is 23.3. The first-order valence-electron chi connectivity index (χ1n) is 16.2. The number of benzene rings is 1. The van der Waals surface area contributed by atoms with E-state index in [0.29, 0.717) is 52.7 Å². The quantitative estimate of drug-likeness (QED) is 0.188. The van der Waals surface area contributed by atoms with Crippen molar-refractivity contribution in [1.29, 1.82) is 0 Å². The first-order valence-corrected chi connectivity index (χ1v) is 16.6. The van der Waals surface area contributed by atoms with Gasteiger partial charge in [0.15, 0.2) is 5.82 Å². The second-order valence-corrected chi connectivity index (χ2v) is 13.2. The van der Waals surface area contributed by atoms with E-state index < -0.39 is 0 Å². The Bertz CT molecular complexity index is 1630. The van der Waals surface area contributed by atoms with Crippen molar-refractivity contribution in [3.8, 4) is 0 Å². The van der Waals surface area contributed by atoms with Crippen molar-refractivity contribution in [2.45, 2.75) is 38.8 Å². The minimum absolute atomic E-state index is 0.264. The van der Waals surface area contributed by atoms with Crippen LogP contribution in [0.1, 0.15) is 31.2 Å². The number of piperazine rings is 1. The molecule has 240 valence electrons. The van der Waals surface area contributed by atoms with Gasteiger partial charge in [-0.25, -0.2) is 4.98 Å². The van der Waals surface area contributed by atoms with Gasteiger partial charge in [0, 0.05) is 57.6 Å². The van der Waals surface area contributed by atoms with Gasteiger partial charge in [-0.3, -0.25) is 19.2 Å². The van der Waals surface area contributed by atoms with E-state index in [4.69, 9.17) is 11.6 Å². The van der Waals surface area contributed by atoms with Crippen LogP contribution in [0.2, 0.25) is 5.02 Å². The molecule has 2 atom stereocenters. The zero-order valence-electron chi connectivity index (χ0n) is 25.9. The minimum atomic E-state index is -0.264. The highest BCUT2D eigenvalue weighted by Crippen LogP contribution is 2.61. The SMILES string of the molecule is C=CC(=O)Nc1cccc(CNc2nc(Nc3cnn(CCN4CCN(C(=O)CC5C6CC7CC=C6C5C7)CC4)c3)ncc2Cl)c1. The second-order valence-electron chi connectivity index (χ2n) is 12.8. The average Bonchev–Trinajstić information content (AvgIpc) is 3.54. The lowest BCUT2D eigenvalue weighted by Gasteiger charge is -2.58. The third-order valence-electron chi connectivity index (χ3n) is 10.0. The van der Waals surface area contributed by atoms with Crippen molar-refractivity contribution < 1.29 is 9.59 Å². The number of fused-ring (bicyclic) bond motifs is 1. The highest BCUT2D eigenvalue weighted by atomic mass is 35.5. The fraction of sp³-hybridized carbons (Fsp3) is 0.441. The van der Waals surface area contributed by atoms with Crippen molar-refractivity contribution >= 4 is 46.6 Å². The predicted molar refractivity (Wildman–Crippen MR) is 179 cm³/mol. The molecule has 4 bridgehead atoms. The van der Waals surface area contributed by atoms with E-state index in [1.807, 2.05) is 35.1 Å². The van der Waals surface area contributed by atoms with Crippen LogP contribution in [0.3, 0.4) is 0 Å². The molecule has 12 heteroatoms. The van der Waals surface area contributed by atoms with Crippen LogP contribution in [0.5, 0.6) is 0 Å². The Kier molecular flexibility index (Phi) is 8.77. The summed E-state index contributed by atoms with van der Waals surface area (Å²) in [6.45, 7) is 8.95. The standard InChI is InChI=1S/C34H40ClN9O2/c1-2-31(45)39-24-5-3-4-23(14-24)18-36-33-30(35)20-37-34(41-33)40-25-19-38-44(21-25)13-10-42-8-11-43(12-9-42)32(46)17-29-27-15-22-6-7-26(27)28(29)16-22/h2-5,7,14,19-22,27-29H,1,6,8-13,15-18H2,(H,39,45)(H2,36,37,40,41). The first kappa shape index (κ1) is 30.4. The summed E-state index contributed by atoms with van der Waals surface area (Å²) in [5.74, 6) is 3.86. The average molecular weight is 642 g/mol. The third kappa shape index (κ3) is 6.66. The Morgan fingerprint density at radius 1 is 1.07 bits per heavy atom. The summed E-state index contributed by atoms with van der Waals surface area (Å²) >= 11 is 6.37. The maximum Gasteiger partial charge on any atom is 0.247 e. The molecule has 0 spiro atoms. The summed E-state index contributed by atoms with van der Waals surface area (Å²) in [4.78, 5) is 38.1. The molecule has 46 heavy (non-hydrogen) atoms. The number of anilines is 4. The van der Waals surface area contributed by atoms with Gasteiger partial charge in [-0.1, -0.05) is 42.0 Å². The Hall–Kier alpha value is -4.22. The third-order valence-corrected chi connectivity index (χ3v) is 10.3. The van der Waals surface area contributed by atoms with Crippen LogP contribution in [-0.4, -0.2) is 74.1 Å². The van der Waals surface area contributed by atoms with Crippen molar-refractivity contribution in [1.82, 2.24) is 29.5 Å². The summed E-state index contributed by atoms with van der Waals surface area (Å²) in [6, 6.07) is 7.50. The summed E-state index contributed by atoms with van der Waals surface area (Å²) in [5.41, 5.74) is 4.08. The van der Waals surface area contributed by atoms with Gasteiger partial charge in [0.05, 0.1) is 24.6 Å². The molecule has 3 N–H and O–H groups in total. The summed E-state index contributed by atoms with van der Waals surface area (Å²) in [6.07, 6.45) is 13.6. The van der Waals surface area contributed by atoms with E-state index in [0.717, 1.165) is 62.9 Å². The number of halogens is 1. The molecule has 4 fully saturated rings. The molecule has 9 rings (SSSR count). The summed E-state index contributed by atoms with van der Waals surface area (Å²) in [7, 11) is 0. The lowest BCUT2D eigenvalue weighted by atomic mass is 9.47. The van der Waals surface area contributed by atoms with Crippen LogP contribution < -0.4 is 16.0 Å². The number of carbonyl (C=O) groups is 2. The van der Waals surface area contributed by atoms with Crippen molar-refractivity contribution in [2.75, 3.05) is 48.7 Å². The Labute approximate surface area is 274 Å². The van der Waals surface area contributed by atoms with Crippen molar-refractivity contribution in [2.24, 2.45) is 23.7 Å². The Balaban J connectivity index is 0.852. The number of allylic oxidation sites excluding steroid dienone is 2. The number of nitrogens with zero attached hydrogens (tertiary/aromatic N) is 6. The van der Waals surface area contributed by atoms with Crippen molar-refractivity contribution in [3.63, 3.8) is 0 Å².